The van der Waals surface area contributed by atoms with Crippen molar-refractivity contribution in [2.24, 2.45) is 0 Å². The van der Waals surface area contributed by atoms with Crippen molar-refractivity contribution in [3.8, 4) is 0 Å². The summed E-state index contributed by atoms with van der Waals surface area (Å²) in [5.41, 5.74) is 0. The van der Waals surface area contributed by atoms with Gasteiger partial charge in [0.05, 0.1) is 6.61 Å². The second-order valence-electron chi connectivity index (χ2n) is 12.9. The Morgan fingerprint density at radius 2 is 1.14 bits per heavy atom. The highest BCUT2D eigenvalue weighted by Gasteiger charge is 2.55. The van der Waals surface area contributed by atoms with Crippen LogP contribution in [0.5, 0.6) is 0 Å². The molecule has 0 aliphatic rings. The Kier molecular flexibility index (Phi) is 16.9. The topological polar surface area (TPSA) is 113 Å². The molecule has 0 radical (unpaired) electrons. The molecule has 0 saturated carbocycles. The van der Waals surface area contributed by atoms with Crippen LogP contribution in [0.2, 0.25) is 91.2 Å². The summed E-state index contributed by atoms with van der Waals surface area (Å²) in [5.74, 6) is -0.604. The molecule has 15 heteroatoms. The van der Waals surface area contributed by atoms with E-state index >= 15 is 0 Å². The van der Waals surface area contributed by atoms with Crippen LogP contribution >= 0.6 is 0 Å². The zero-order chi connectivity index (χ0) is 29.9. The van der Waals surface area contributed by atoms with Gasteiger partial charge >= 0.3 is 23.6 Å². The number of carbonyl (C=O) groups is 1. The first kappa shape index (κ1) is 39.4. The van der Waals surface area contributed by atoms with Gasteiger partial charge in [-0.2, -0.15) is 0 Å². The third-order valence-corrected chi connectivity index (χ3v) is 22.7. The van der Waals surface area contributed by atoms with Gasteiger partial charge in [0.15, 0.2) is 33.3 Å². The fraction of sp³-hybridized carbons (Fsp3) is 0.864. The van der Waals surface area contributed by atoms with Gasteiger partial charge in [-0.3, -0.25) is 0 Å². The lowest BCUT2D eigenvalue weighted by Crippen LogP contribution is -2.66. The van der Waals surface area contributed by atoms with Gasteiger partial charge in [-0.1, -0.05) is 19.9 Å². The van der Waals surface area contributed by atoms with E-state index in [9.17, 15) is 4.79 Å². The Hall–Kier alpha value is 0.231. The van der Waals surface area contributed by atoms with E-state index in [0.29, 0.717) is 0 Å². The van der Waals surface area contributed by atoms with Crippen LogP contribution in [0.25, 0.3) is 0 Å². The Bertz CT molecular complexity index is 650. The van der Waals surface area contributed by atoms with E-state index < -0.39 is 69.6 Å². The van der Waals surface area contributed by atoms with Crippen molar-refractivity contribution < 1.29 is 40.3 Å². The molecule has 0 fully saturated rings. The van der Waals surface area contributed by atoms with E-state index in [4.69, 9.17) is 30.8 Å². The number of aliphatic hydroxyl groups is 2. The molecule has 0 heterocycles. The minimum atomic E-state index is -2.92. The predicted molar refractivity (Wildman–Crippen MR) is 166 cm³/mol. The van der Waals surface area contributed by atoms with Crippen LogP contribution in [0.15, 0.2) is 12.7 Å². The molecule has 2 N–H and O–H groups in total. The fourth-order valence-corrected chi connectivity index (χ4v) is 26.9. The van der Waals surface area contributed by atoms with Crippen molar-refractivity contribution >= 4 is 56.8 Å². The maximum atomic E-state index is 10.3. The Balaban J connectivity index is 0. The third-order valence-electron chi connectivity index (χ3n) is 3.60. The standard InChI is InChI=1S/C16H46O5Si6.C6H10O4/c1-15-16-27(19-24(8,9)10,20-25(11,12)13)21-26(14,17-22(2,3)4)18-23(5,6)7;1-2-6(9)10-4-5(8)3-7/h15-16H2,1-14H3;2,5,7-8H,1,3-4H2. The second-order valence-corrected chi connectivity index (χ2v) is 37.5. The van der Waals surface area contributed by atoms with E-state index in [2.05, 4.69) is 103 Å². The van der Waals surface area contributed by atoms with E-state index in [0.717, 1.165) is 18.5 Å². The molecule has 0 aliphatic heterocycles. The minimum Gasteiger partial charge on any atom is -0.460 e. The first-order valence-corrected chi connectivity index (χ1v) is 30.7. The lowest BCUT2D eigenvalue weighted by Gasteiger charge is -2.46. The first-order valence-electron chi connectivity index (χ1n) is 12.9. The molecular weight excluding hydrogens is 577 g/mol. The molecule has 0 rings (SSSR count). The summed E-state index contributed by atoms with van der Waals surface area (Å²) in [5, 5.41) is 16.9. The molecule has 0 aromatic heterocycles. The van der Waals surface area contributed by atoms with Crippen LogP contribution in [-0.2, 0) is 30.1 Å². The summed E-state index contributed by atoms with van der Waals surface area (Å²) in [6.07, 6.45) is 0.958. The van der Waals surface area contributed by atoms with Crippen molar-refractivity contribution in [1.29, 1.82) is 0 Å². The van der Waals surface area contributed by atoms with Crippen LogP contribution in [0.1, 0.15) is 13.3 Å². The van der Waals surface area contributed by atoms with Crippen LogP contribution in [0.3, 0.4) is 0 Å². The monoisotopic (exact) mass is 632 g/mol. The van der Waals surface area contributed by atoms with Crippen molar-refractivity contribution in [3.05, 3.63) is 12.7 Å². The molecule has 1 unspecified atom stereocenters. The van der Waals surface area contributed by atoms with E-state index in [1.54, 1.807) is 0 Å². The highest BCUT2D eigenvalue weighted by atomic mass is 28.5. The lowest BCUT2D eigenvalue weighted by molar-refractivity contribution is -0.141. The Labute approximate surface area is 233 Å². The van der Waals surface area contributed by atoms with Crippen molar-refractivity contribution in [2.45, 2.75) is 111 Å². The smallest absolute Gasteiger partial charge is 0.460 e. The summed E-state index contributed by atoms with van der Waals surface area (Å²) < 4.78 is 38.0. The quantitative estimate of drug-likeness (QED) is 0.131. The number of carbonyl (C=O) groups excluding carboxylic acids is 1. The molecule has 0 saturated heterocycles. The van der Waals surface area contributed by atoms with Gasteiger partial charge in [0.2, 0.25) is 0 Å². The molecular formula is C22H56O9Si6. The van der Waals surface area contributed by atoms with Crippen LogP contribution in [0, 0.1) is 0 Å². The van der Waals surface area contributed by atoms with Gasteiger partial charge in [-0.25, -0.2) is 4.79 Å². The highest BCUT2D eigenvalue weighted by molar-refractivity contribution is 6.92. The largest absolute Gasteiger partial charge is 0.472 e. The average Bonchev–Trinajstić information content (AvgIpc) is 2.59. The number of rotatable bonds is 16. The molecule has 0 aliphatic carbocycles. The molecule has 0 amide bonds. The van der Waals surface area contributed by atoms with Gasteiger partial charge in [0, 0.05) is 18.7 Å². The molecule has 0 spiro atoms. The summed E-state index contributed by atoms with van der Waals surface area (Å²) in [6.45, 7) is 33.2. The number of hydrogen-bond donors (Lipinski definition) is 2. The average molecular weight is 633 g/mol. The zero-order valence-electron chi connectivity index (χ0n) is 25.9. The molecule has 0 bridgehead atoms. The molecule has 9 nitrogen and oxygen atoms in total. The molecule has 1 atom stereocenters. The summed E-state index contributed by atoms with van der Waals surface area (Å²) in [6, 6.07) is 0.814. The lowest BCUT2D eigenvalue weighted by atomic mass is 10.4. The van der Waals surface area contributed by atoms with Gasteiger partial charge in [0.25, 0.3) is 0 Å². The van der Waals surface area contributed by atoms with Crippen LogP contribution < -0.4 is 0 Å². The van der Waals surface area contributed by atoms with E-state index in [-0.39, 0.29) is 6.61 Å². The Morgan fingerprint density at radius 3 is 1.41 bits per heavy atom. The summed E-state index contributed by atoms with van der Waals surface area (Å²) >= 11 is 0. The summed E-state index contributed by atoms with van der Waals surface area (Å²) in [7, 11) is -13.3. The van der Waals surface area contributed by atoms with Crippen molar-refractivity contribution in [1.82, 2.24) is 0 Å². The highest BCUT2D eigenvalue weighted by Crippen LogP contribution is 2.33. The normalized spacial score (nSPS) is 14.5. The first-order chi connectivity index (χ1) is 16.3. The maximum absolute atomic E-state index is 10.3. The Morgan fingerprint density at radius 1 is 0.757 bits per heavy atom. The number of hydrogen-bond acceptors (Lipinski definition) is 9. The van der Waals surface area contributed by atoms with E-state index in [1.165, 1.54) is 0 Å². The number of ether oxygens (including phenoxy) is 1. The SMILES string of the molecule is C=CC(=O)OCC(O)CO.CCC[Si](O[Si](C)(C)C)(O[Si](C)(C)C)O[Si](C)(O[Si](C)(C)C)O[Si](C)(C)C. The zero-order valence-corrected chi connectivity index (χ0v) is 31.9. The number of esters is 1. The molecule has 0 aromatic carbocycles. The van der Waals surface area contributed by atoms with Gasteiger partial charge < -0.3 is 35.5 Å². The summed E-state index contributed by atoms with van der Waals surface area (Å²) in [4.78, 5) is 10.3. The third kappa shape index (κ3) is 22.7. The minimum absolute atomic E-state index is 0.193. The van der Waals surface area contributed by atoms with Crippen LogP contribution in [-0.4, -0.2) is 86.4 Å². The van der Waals surface area contributed by atoms with Gasteiger partial charge in [-0.05, 0) is 78.6 Å². The molecule has 222 valence electrons. The second kappa shape index (κ2) is 15.9. The number of aliphatic hydroxyl groups excluding tert-OH is 2. The molecule has 37 heavy (non-hydrogen) atoms. The fourth-order valence-electron chi connectivity index (χ4n) is 3.20. The maximum Gasteiger partial charge on any atom is 0.472 e. The van der Waals surface area contributed by atoms with Crippen molar-refractivity contribution in [3.63, 3.8) is 0 Å². The van der Waals surface area contributed by atoms with Crippen molar-refractivity contribution in [2.75, 3.05) is 13.2 Å². The predicted octanol–water partition coefficient (Wildman–Crippen LogP) is 5.40. The molecule has 0 aromatic rings. The van der Waals surface area contributed by atoms with Crippen LogP contribution in [0.4, 0.5) is 0 Å². The van der Waals surface area contributed by atoms with E-state index in [1.807, 2.05) is 0 Å². The van der Waals surface area contributed by atoms with Gasteiger partial charge in [0.1, 0.15) is 12.7 Å². The van der Waals surface area contributed by atoms with Gasteiger partial charge in [-0.15, -0.1) is 0 Å².